The summed E-state index contributed by atoms with van der Waals surface area (Å²) in [5.74, 6) is 27.4. The van der Waals surface area contributed by atoms with Crippen LogP contribution in [0.15, 0.2) is 111 Å². The largest absolute Gasteiger partial charge is 0.444 e. The van der Waals surface area contributed by atoms with Gasteiger partial charge in [-0.15, -0.1) is 0 Å². The van der Waals surface area contributed by atoms with E-state index in [4.69, 9.17) is 9.73 Å². The molecule has 3 aromatic rings. The van der Waals surface area contributed by atoms with Crippen molar-refractivity contribution in [2.24, 2.45) is 55.5 Å². The average molecular weight is 1450 g/mol. The Morgan fingerprint density at radius 3 is 1.31 bits per heavy atom. The minimum atomic E-state index is -0.515. The zero-order valence-corrected chi connectivity index (χ0v) is 62.4. The van der Waals surface area contributed by atoms with Crippen molar-refractivity contribution in [3.05, 3.63) is 122 Å². The molecule has 8 atom stereocenters. The number of allylic oxidation sites excluding steroid dienone is 4. The standard InChI is InChI=1S/C37H44N4O3.C32H36N4O.C13H20IN3O/c1-25(2)26(3)35(42)40-19-9-13-33(40)31-21-28(23-38-31)12-8-7-11-27-15-17-29(18-16-27)30-22-32(39-24-30)34-14-10-20-41(34)36(43)44-37(4,5)6;1-22(2)23(3)32(37)36-17-7-11-31(36)30-18-25(20-34-30)9-5-4-8-24-12-14-26(15-13-24)27-19-29(35-21-27)28-10-6-16-33-28;1-8(2)9(3)13(18)17-6-4-5-10(17)12-15-7-11(14)16-12/h15-18,23-26,33-34H,9-10,13-14,19-22H2,1-6H3;12-15,20-23,28,31,33H,6-7,10-11,16-19H2,1-3H3;7-10H,4-6H2,1-3H3,(H,15,16)/t26-,33-,34-;23-,28-,31-;9-,10-/m000/s1. The predicted molar refractivity (Wildman–Crippen MR) is 406 cm³/mol. The average Bonchev–Trinajstić information content (AvgIpc) is 1.71. The second kappa shape index (κ2) is 33.8. The molecule has 4 amide bonds. The molecule has 1 aromatic heterocycles. The van der Waals surface area contributed by atoms with Gasteiger partial charge < -0.3 is 29.7 Å². The van der Waals surface area contributed by atoms with Crippen LogP contribution in [0, 0.1) is 86.6 Å². The molecule has 5 fully saturated rings. The molecule has 12 rings (SSSR count). The first kappa shape index (κ1) is 73.6. The maximum Gasteiger partial charge on any atom is 0.410 e. The Kier molecular flexibility index (Phi) is 25.2. The highest BCUT2D eigenvalue weighted by Crippen LogP contribution is 2.36. The first-order chi connectivity index (χ1) is 47.5. The predicted octanol–water partition coefficient (Wildman–Crippen LogP) is 14.6. The number of imidazole rings is 1. The van der Waals surface area contributed by atoms with Crippen LogP contribution < -0.4 is 5.32 Å². The first-order valence-corrected chi connectivity index (χ1v) is 37.2. The summed E-state index contributed by atoms with van der Waals surface area (Å²) in [4.78, 5) is 85.3. The van der Waals surface area contributed by atoms with Crippen molar-refractivity contribution < 1.29 is 23.9 Å². The van der Waals surface area contributed by atoms with Gasteiger partial charge in [0.1, 0.15) is 11.4 Å². The monoisotopic (exact) mass is 1450 g/mol. The Bertz CT molecular complexity index is 4010. The smallest absolute Gasteiger partial charge is 0.410 e. The Morgan fingerprint density at radius 1 is 0.495 bits per heavy atom. The van der Waals surface area contributed by atoms with Crippen molar-refractivity contribution in [2.75, 3.05) is 32.7 Å². The van der Waals surface area contributed by atoms with Gasteiger partial charge in [0.05, 0.1) is 34.1 Å². The van der Waals surface area contributed by atoms with Gasteiger partial charge in [-0.2, -0.15) is 0 Å². The van der Waals surface area contributed by atoms with Gasteiger partial charge in [-0.1, -0.05) is 110 Å². The van der Waals surface area contributed by atoms with Crippen molar-refractivity contribution in [1.82, 2.24) is 34.9 Å². The summed E-state index contributed by atoms with van der Waals surface area (Å²) in [6.45, 7) is 28.7. The molecule has 16 nitrogen and oxygen atoms in total. The Morgan fingerprint density at radius 2 is 0.889 bits per heavy atom. The minimum Gasteiger partial charge on any atom is -0.444 e. The molecule has 0 radical (unpaired) electrons. The summed E-state index contributed by atoms with van der Waals surface area (Å²) in [5, 5.41) is 3.54. The van der Waals surface area contributed by atoms with Crippen molar-refractivity contribution in [3.63, 3.8) is 0 Å². The number of nitrogens with one attached hydrogen (secondary N) is 2. The number of nitrogens with zero attached hydrogens (tertiary/aromatic N) is 9. The number of aromatic amines is 1. The van der Waals surface area contributed by atoms with Crippen molar-refractivity contribution in [1.29, 1.82) is 0 Å². The number of benzene rings is 2. The third-order valence-electron chi connectivity index (χ3n) is 20.7. The van der Waals surface area contributed by atoms with Gasteiger partial charge in [-0.05, 0) is 202 Å². The van der Waals surface area contributed by atoms with Gasteiger partial charge in [0.15, 0.2) is 0 Å². The van der Waals surface area contributed by atoms with Crippen molar-refractivity contribution >= 4 is 80.4 Å². The molecule has 5 saturated heterocycles. The zero-order valence-electron chi connectivity index (χ0n) is 60.2. The van der Waals surface area contributed by atoms with E-state index in [0.717, 1.165) is 150 Å². The summed E-state index contributed by atoms with van der Waals surface area (Å²) < 4.78 is 6.65. The van der Waals surface area contributed by atoms with Crippen LogP contribution >= 0.6 is 22.6 Å². The number of H-pyrrole nitrogens is 1. The van der Waals surface area contributed by atoms with Gasteiger partial charge in [0, 0.05) is 146 Å². The number of hydrogen-bond donors (Lipinski definition) is 2. The summed E-state index contributed by atoms with van der Waals surface area (Å²) in [6, 6.07) is 17.3. The Hall–Kier alpha value is -8.10. The zero-order chi connectivity index (χ0) is 70.5. The van der Waals surface area contributed by atoms with E-state index in [1.165, 1.54) is 29.7 Å². The third kappa shape index (κ3) is 19.1. The third-order valence-corrected chi connectivity index (χ3v) is 21.2. The van der Waals surface area contributed by atoms with E-state index >= 15 is 0 Å². The topological polar surface area (TPSA) is 181 Å². The number of carbonyl (C=O) groups excluding carboxylic acids is 4. The molecule has 0 bridgehead atoms. The maximum atomic E-state index is 13.0. The fourth-order valence-corrected chi connectivity index (χ4v) is 14.3. The summed E-state index contributed by atoms with van der Waals surface area (Å²) in [7, 11) is 0. The molecule has 2 N–H and O–H groups in total. The van der Waals surface area contributed by atoms with Crippen LogP contribution in [0.3, 0.4) is 0 Å². The Labute approximate surface area is 602 Å². The molecule has 9 aliphatic heterocycles. The van der Waals surface area contributed by atoms with Crippen LogP contribution in [0.4, 0.5) is 4.79 Å². The van der Waals surface area contributed by atoms with E-state index in [1.54, 1.807) is 0 Å². The summed E-state index contributed by atoms with van der Waals surface area (Å²) in [6.07, 6.45) is 22.6. The van der Waals surface area contributed by atoms with Crippen LogP contribution in [0.2, 0.25) is 0 Å². The lowest BCUT2D eigenvalue weighted by atomic mass is 9.95. The molecule has 0 saturated carbocycles. The number of carbonyl (C=O) groups is 4. The molecule has 0 spiro atoms. The molecule has 10 heterocycles. The van der Waals surface area contributed by atoms with Crippen LogP contribution in [0.5, 0.6) is 0 Å². The minimum absolute atomic E-state index is 0.00746. The van der Waals surface area contributed by atoms with Crippen molar-refractivity contribution in [2.45, 2.75) is 209 Å². The summed E-state index contributed by atoms with van der Waals surface area (Å²) >= 11 is 2.21. The normalized spacial score (nSPS) is 22.5. The van der Waals surface area contributed by atoms with Gasteiger partial charge >= 0.3 is 6.09 Å². The number of amides is 4. The highest BCUT2D eigenvalue weighted by Gasteiger charge is 2.40. The summed E-state index contributed by atoms with van der Waals surface area (Å²) in [5.41, 5.74) is 12.3. The van der Waals surface area contributed by atoms with Gasteiger partial charge in [-0.25, -0.2) is 9.78 Å². The van der Waals surface area contributed by atoms with E-state index in [9.17, 15) is 19.2 Å². The number of hydrogen-bond acceptors (Lipinski definition) is 11. The fraction of sp³-hybridized carbons (Fsp3) is 0.524. The fourth-order valence-electron chi connectivity index (χ4n) is 13.9. The molecule has 0 unspecified atom stereocenters. The highest BCUT2D eigenvalue weighted by molar-refractivity contribution is 14.1. The second-order valence-corrected chi connectivity index (χ2v) is 30.9. The number of likely N-dealkylation sites (tertiary alicyclic amines) is 4. The van der Waals surface area contributed by atoms with E-state index < -0.39 is 5.60 Å². The SMILES string of the molecule is CC(C)[C@H](C)C(=O)N1CCC[C@H]1C1=NC=C(C#CC#Cc2ccc(C3=CN=C([C@@H]4CCCN4)C3)cc2)C1.CC(C)[C@H](C)C(=O)N1CCC[C@H]1C1=NC=C(C#CC#Cc2ccc(C3=CN=C([C@@H]4CCCN4C(=O)OC(C)(C)C)C3)cc2)C1.CC(C)[C@H](C)C(=O)N1CCC[C@H]1c1ncc(I)[nH]1. The Balaban J connectivity index is 0.000000174. The van der Waals surface area contributed by atoms with Crippen LogP contribution in [0.25, 0.3) is 11.1 Å². The molecule has 0 aliphatic carbocycles. The molecule has 9 aliphatic rings. The number of aliphatic imine (C=N–C) groups is 4. The van der Waals surface area contributed by atoms with E-state index in [1.807, 2.05) is 104 Å². The molecular formula is C82H100IN11O5. The lowest BCUT2D eigenvalue weighted by Gasteiger charge is -2.29. The highest BCUT2D eigenvalue weighted by atomic mass is 127. The van der Waals surface area contributed by atoms with Gasteiger partial charge in [0.2, 0.25) is 17.7 Å². The molecule has 17 heteroatoms. The number of ether oxygens (including phenoxy) is 1. The second-order valence-electron chi connectivity index (χ2n) is 29.7. The number of rotatable bonds is 13. The lowest BCUT2D eigenvalue weighted by Crippen LogP contribution is -2.43. The first-order valence-electron chi connectivity index (χ1n) is 36.1. The van der Waals surface area contributed by atoms with E-state index in [0.29, 0.717) is 43.2 Å². The van der Waals surface area contributed by atoms with Crippen molar-refractivity contribution in [3.8, 4) is 47.4 Å². The van der Waals surface area contributed by atoms with Crippen LogP contribution in [-0.2, 0) is 19.1 Å². The van der Waals surface area contributed by atoms with Crippen LogP contribution in [0.1, 0.15) is 207 Å². The quantitative estimate of drug-likeness (QED) is 0.126. The van der Waals surface area contributed by atoms with Gasteiger partial charge in [0.25, 0.3) is 0 Å². The molecular weight excluding hydrogens is 1350 g/mol. The van der Waals surface area contributed by atoms with E-state index in [2.05, 4.69) is 178 Å². The molecule has 99 heavy (non-hydrogen) atoms. The number of aromatic nitrogens is 2. The molecule has 2 aromatic carbocycles. The van der Waals surface area contributed by atoms with Crippen LogP contribution in [-0.4, -0.2) is 139 Å². The lowest BCUT2D eigenvalue weighted by molar-refractivity contribution is -0.137. The number of halogens is 1. The van der Waals surface area contributed by atoms with Gasteiger partial charge in [-0.3, -0.25) is 39.3 Å². The maximum absolute atomic E-state index is 13.0. The molecule has 520 valence electrons. The van der Waals surface area contributed by atoms with E-state index in [-0.39, 0.29) is 65.7 Å².